The lowest BCUT2D eigenvalue weighted by molar-refractivity contribution is 0.112. The fourth-order valence-corrected chi connectivity index (χ4v) is 4.37. The minimum Gasteiger partial charge on any atom is -0.352 e. The van der Waals surface area contributed by atoms with Crippen molar-refractivity contribution in [2.75, 3.05) is 36.0 Å². The Balaban J connectivity index is 1.56. The van der Waals surface area contributed by atoms with Crippen LogP contribution in [0, 0.1) is 0 Å². The number of aldehydes is 1. The second-order valence-corrected chi connectivity index (χ2v) is 7.44. The van der Waals surface area contributed by atoms with Crippen LogP contribution in [-0.4, -0.2) is 52.0 Å². The zero-order valence-electron chi connectivity index (χ0n) is 13.2. The molecule has 0 unspecified atom stereocenters. The summed E-state index contributed by atoms with van der Waals surface area (Å²) in [6, 6.07) is 2.20. The number of hydrogen-bond donors (Lipinski definition) is 0. The van der Waals surface area contributed by atoms with E-state index in [4.69, 9.17) is 0 Å². The molecule has 0 atom stereocenters. The number of piperazine rings is 1. The molecule has 0 amide bonds. The van der Waals surface area contributed by atoms with Gasteiger partial charge in [-0.25, -0.2) is 9.97 Å². The van der Waals surface area contributed by atoms with Gasteiger partial charge in [-0.1, -0.05) is 11.4 Å². The third-order valence-corrected chi connectivity index (χ3v) is 6.01. The van der Waals surface area contributed by atoms with Crippen molar-refractivity contribution in [2.45, 2.75) is 13.3 Å². The first-order valence-electron chi connectivity index (χ1n) is 7.81. The normalized spacial score (nSPS) is 15.2. The summed E-state index contributed by atoms with van der Waals surface area (Å²) in [7, 11) is 0. The van der Waals surface area contributed by atoms with Crippen molar-refractivity contribution in [1.29, 1.82) is 0 Å². The topological polar surface area (TPSA) is 75.1 Å². The molecular formula is C15H16N6OS2. The highest BCUT2D eigenvalue weighted by Gasteiger charge is 2.24. The highest BCUT2D eigenvalue weighted by molar-refractivity contribution is 7.18. The number of aryl methyl sites for hydroxylation is 1. The molecule has 7 nitrogen and oxygen atoms in total. The molecule has 0 saturated carbocycles. The van der Waals surface area contributed by atoms with Gasteiger partial charge in [-0.15, -0.1) is 16.4 Å². The lowest BCUT2D eigenvalue weighted by Crippen LogP contribution is -2.47. The maximum atomic E-state index is 11.1. The quantitative estimate of drug-likeness (QED) is 0.661. The van der Waals surface area contributed by atoms with Crippen LogP contribution in [-0.2, 0) is 6.42 Å². The van der Waals surface area contributed by atoms with Crippen molar-refractivity contribution in [3.8, 4) is 0 Å². The highest BCUT2D eigenvalue weighted by atomic mass is 32.1. The molecule has 3 aromatic heterocycles. The first kappa shape index (κ1) is 15.4. The van der Waals surface area contributed by atoms with Crippen LogP contribution >= 0.6 is 22.9 Å². The van der Waals surface area contributed by atoms with Gasteiger partial charge in [0.2, 0.25) is 0 Å². The van der Waals surface area contributed by atoms with Gasteiger partial charge in [-0.3, -0.25) is 4.79 Å². The summed E-state index contributed by atoms with van der Waals surface area (Å²) in [4.78, 5) is 27.4. The van der Waals surface area contributed by atoms with Crippen LogP contribution in [0.25, 0.3) is 10.2 Å². The number of rotatable bonds is 4. The maximum Gasteiger partial charge on any atom is 0.174 e. The molecule has 1 aliphatic rings. The Morgan fingerprint density at radius 3 is 2.62 bits per heavy atom. The number of anilines is 2. The van der Waals surface area contributed by atoms with E-state index < -0.39 is 0 Å². The van der Waals surface area contributed by atoms with Gasteiger partial charge in [0.1, 0.15) is 21.9 Å². The Morgan fingerprint density at radius 2 is 1.92 bits per heavy atom. The zero-order chi connectivity index (χ0) is 16.5. The van der Waals surface area contributed by atoms with Crippen LogP contribution in [0.4, 0.5) is 11.6 Å². The average molecular weight is 360 g/mol. The Hall–Kier alpha value is -2.13. The predicted molar refractivity (Wildman–Crippen MR) is 96.5 cm³/mol. The Morgan fingerprint density at radius 1 is 1.17 bits per heavy atom. The van der Waals surface area contributed by atoms with Crippen molar-refractivity contribution in [3.63, 3.8) is 0 Å². The van der Waals surface area contributed by atoms with Crippen LogP contribution in [0.1, 0.15) is 21.5 Å². The number of carbonyl (C=O) groups is 1. The van der Waals surface area contributed by atoms with Gasteiger partial charge in [-0.2, -0.15) is 0 Å². The number of fused-ring (bicyclic) bond motifs is 1. The van der Waals surface area contributed by atoms with E-state index >= 15 is 0 Å². The van der Waals surface area contributed by atoms with Crippen molar-refractivity contribution >= 4 is 51.0 Å². The Kier molecular flexibility index (Phi) is 4.11. The van der Waals surface area contributed by atoms with E-state index in [0.717, 1.165) is 66.5 Å². The zero-order valence-corrected chi connectivity index (χ0v) is 14.8. The van der Waals surface area contributed by atoms with Gasteiger partial charge in [0, 0.05) is 31.1 Å². The average Bonchev–Trinajstić information content (AvgIpc) is 3.27. The standard InChI is InChI=1S/C15H16N6OS2/c1-2-10-7-11-13(16-9-17-15(11)23-10)20-3-5-21(6-4-20)14-12(8-22)24-19-18-14/h7-9H,2-6H2,1H3. The van der Waals surface area contributed by atoms with Gasteiger partial charge in [-0.05, 0) is 24.0 Å². The van der Waals surface area contributed by atoms with E-state index in [1.54, 1.807) is 17.7 Å². The number of thiophene rings is 1. The van der Waals surface area contributed by atoms with Gasteiger partial charge < -0.3 is 9.80 Å². The van der Waals surface area contributed by atoms with Crippen LogP contribution in [0.2, 0.25) is 0 Å². The predicted octanol–water partition coefficient (Wildman–Crippen LogP) is 2.24. The van der Waals surface area contributed by atoms with E-state index in [1.807, 2.05) is 0 Å². The summed E-state index contributed by atoms with van der Waals surface area (Å²) >= 11 is 2.88. The van der Waals surface area contributed by atoms with Crippen LogP contribution in [0.15, 0.2) is 12.4 Å². The smallest absolute Gasteiger partial charge is 0.174 e. The van der Waals surface area contributed by atoms with Crippen molar-refractivity contribution in [2.24, 2.45) is 0 Å². The number of carbonyl (C=O) groups excluding carboxylic acids is 1. The largest absolute Gasteiger partial charge is 0.352 e. The molecule has 0 bridgehead atoms. The van der Waals surface area contributed by atoms with E-state index in [9.17, 15) is 4.79 Å². The third-order valence-electron chi connectivity index (χ3n) is 4.19. The first-order valence-corrected chi connectivity index (χ1v) is 9.40. The molecule has 124 valence electrons. The van der Waals surface area contributed by atoms with Gasteiger partial charge in [0.15, 0.2) is 12.1 Å². The van der Waals surface area contributed by atoms with Gasteiger partial charge >= 0.3 is 0 Å². The van der Waals surface area contributed by atoms with Crippen LogP contribution < -0.4 is 9.80 Å². The molecule has 3 aromatic rings. The molecule has 1 saturated heterocycles. The molecule has 0 radical (unpaired) electrons. The number of hydrogen-bond acceptors (Lipinski definition) is 9. The fourth-order valence-electron chi connectivity index (χ4n) is 2.94. The lowest BCUT2D eigenvalue weighted by Gasteiger charge is -2.35. The van der Waals surface area contributed by atoms with Gasteiger partial charge in [0.05, 0.1) is 5.39 Å². The summed E-state index contributed by atoms with van der Waals surface area (Å²) < 4.78 is 3.88. The van der Waals surface area contributed by atoms with Crippen LogP contribution in [0.3, 0.4) is 0 Å². The molecule has 4 heterocycles. The van der Waals surface area contributed by atoms with Crippen molar-refractivity contribution in [3.05, 3.63) is 22.1 Å². The summed E-state index contributed by atoms with van der Waals surface area (Å²) in [5.74, 6) is 1.70. The maximum absolute atomic E-state index is 11.1. The number of nitrogens with zero attached hydrogens (tertiary/aromatic N) is 6. The molecule has 0 aliphatic carbocycles. The number of aromatic nitrogens is 4. The second kappa shape index (κ2) is 6.40. The van der Waals surface area contributed by atoms with Crippen molar-refractivity contribution in [1.82, 2.24) is 19.6 Å². The van der Waals surface area contributed by atoms with Crippen LogP contribution in [0.5, 0.6) is 0 Å². The second-order valence-electron chi connectivity index (χ2n) is 5.54. The SMILES string of the molecule is CCc1cc2c(N3CCN(c4nnsc4C=O)CC3)ncnc2s1. The Labute approximate surface area is 147 Å². The monoisotopic (exact) mass is 360 g/mol. The molecule has 24 heavy (non-hydrogen) atoms. The first-order chi connectivity index (χ1) is 11.8. The molecule has 0 N–H and O–H groups in total. The van der Waals surface area contributed by atoms with E-state index in [2.05, 4.69) is 42.3 Å². The summed E-state index contributed by atoms with van der Waals surface area (Å²) in [6.07, 6.45) is 3.49. The third kappa shape index (κ3) is 2.63. The molecule has 4 rings (SSSR count). The van der Waals surface area contributed by atoms with Crippen molar-refractivity contribution < 1.29 is 4.79 Å². The van der Waals surface area contributed by atoms with Gasteiger partial charge in [0.25, 0.3) is 0 Å². The molecular weight excluding hydrogens is 344 g/mol. The molecule has 1 aliphatic heterocycles. The lowest BCUT2D eigenvalue weighted by atomic mass is 10.2. The minimum atomic E-state index is 0.596. The molecule has 0 spiro atoms. The van der Waals surface area contributed by atoms with E-state index in [0.29, 0.717) is 10.7 Å². The summed E-state index contributed by atoms with van der Waals surface area (Å²) in [5.41, 5.74) is 0. The minimum absolute atomic E-state index is 0.596. The van der Waals surface area contributed by atoms with E-state index in [1.165, 1.54) is 4.88 Å². The molecule has 0 aromatic carbocycles. The highest BCUT2D eigenvalue weighted by Crippen LogP contribution is 2.31. The fraction of sp³-hybridized carbons (Fsp3) is 0.400. The Bertz CT molecular complexity index is 868. The molecule has 1 fully saturated rings. The summed E-state index contributed by atoms with van der Waals surface area (Å²) in [6.45, 7) is 5.41. The molecule has 9 heteroatoms. The van der Waals surface area contributed by atoms with E-state index in [-0.39, 0.29) is 0 Å². The summed E-state index contributed by atoms with van der Waals surface area (Å²) in [5, 5.41) is 5.23.